The van der Waals surface area contributed by atoms with E-state index in [-0.39, 0.29) is 24.1 Å². The molecule has 142 valence electrons. The predicted molar refractivity (Wildman–Crippen MR) is 106 cm³/mol. The molecule has 0 aliphatic rings. The Morgan fingerprint density at radius 2 is 1.92 bits per heavy atom. The maximum Gasteiger partial charge on any atom is 0.308 e. The molecule has 0 fully saturated rings. The summed E-state index contributed by atoms with van der Waals surface area (Å²) in [6.07, 6.45) is 1.80. The lowest BCUT2D eigenvalue weighted by molar-refractivity contribution is -0.132. The van der Waals surface area contributed by atoms with Crippen molar-refractivity contribution in [2.75, 3.05) is 11.0 Å². The summed E-state index contributed by atoms with van der Waals surface area (Å²) in [5, 5.41) is 1.36. The van der Waals surface area contributed by atoms with Crippen molar-refractivity contribution < 1.29 is 23.8 Å². The highest BCUT2D eigenvalue weighted by atomic mass is 32.2. The van der Waals surface area contributed by atoms with Crippen molar-refractivity contribution in [2.24, 2.45) is 0 Å². The minimum absolute atomic E-state index is 0.0750. The molecular formula is C19H25NO5S. The number of rotatable bonds is 7. The first-order valence-corrected chi connectivity index (χ1v) is 9.54. The largest absolute Gasteiger partial charge is 0.490 e. The van der Waals surface area contributed by atoms with Crippen LogP contribution in [0.2, 0.25) is 0 Å². The van der Waals surface area contributed by atoms with Crippen LogP contribution in [0, 0.1) is 0 Å². The van der Waals surface area contributed by atoms with Gasteiger partial charge in [0.25, 0.3) is 6.47 Å². The number of hydrogen-bond acceptors (Lipinski definition) is 7. The summed E-state index contributed by atoms with van der Waals surface area (Å²) in [6.45, 7) is 9.38. The summed E-state index contributed by atoms with van der Waals surface area (Å²) in [6, 6.07) is 7.12. The Morgan fingerprint density at radius 1 is 1.23 bits per heavy atom. The van der Waals surface area contributed by atoms with E-state index >= 15 is 0 Å². The van der Waals surface area contributed by atoms with Crippen LogP contribution in [0.4, 0.5) is 5.69 Å². The molecule has 0 bridgehead atoms. The Labute approximate surface area is 158 Å². The maximum absolute atomic E-state index is 11.5. The first-order chi connectivity index (χ1) is 12.5. The van der Waals surface area contributed by atoms with Crippen molar-refractivity contribution in [1.29, 1.82) is 0 Å². The average Bonchev–Trinajstić information content (AvgIpc) is 2.59. The van der Waals surface area contributed by atoms with Crippen LogP contribution in [0.3, 0.4) is 0 Å². The first kappa shape index (κ1) is 21.6. The Morgan fingerprint density at radius 3 is 2.46 bits per heavy atom. The Kier molecular flexibility index (Phi) is 8.78. The molecule has 0 unspecified atom stereocenters. The zero-order chi connectivity index (χ0) is 19.7. The van der Waals surface area contributed by atoms with Gasteiger partial charge in [0, 0.05) is 24.6 Å². The van der Waals surface area contributed by atoms with Crippen LogP contribution < -0.4 is 18.9 Å². The smallest absolute Gasteiger partial charge is 0.308 e. The summed E-state index contributed by atoms with van der Waals surface area (Å²) in [5.41, 5.74) is 0.723. The Balaban J connectivity index is 0.00000163. The summed E-state index contributed by atoms with van der Waals surface area (Å²) in [7, 11) is 0. The zero-order valence-electron chi connectivity index (χ0n) is 15.9. The van der Waals surface area contributed by atoms with Gasteiger partial charge in [-0.1, -0.05) is 37.9 Å². The van der Waals surface area contributed by atoms with E-state index < -0.39 is 5.97 Å². The number of hydrogen-bond donors (Lipinski definition) is 1. The van der Waals surface area contributed by atoms with Crippen LogP contribution >= 0.6 is 11.9 Å². The van der Waals surface area contributed by atoms with Crippen LogP contribution in [0.15, 0.2) is 24.3 Å². The third-order valence-corrected chi connectivity index (χ3v) is 3.46. The SMILES string of the molecule is CC.CSNc1cccc2c(OC(C)C)cc(OC=O)c(OC(C)=O)c12. The highest BCUT2D eigenvalue weighted by molar-refractivity contribution is 7.99. The third-order valence-electron chi connectivity index (χ3n) is 3.04. The molecular weight excluding hydrogens is 354 g/mol. The monoisotopic (exact) mass is 379 g/mol. The fourth-order valence-corrected chi connectivity index (χ4v) is 2.71. The summed E-state index contributed by atoms with van der Waals surface area (Å²) in [4.78, 5) is 22.4. The lowest BCUT2D eigenvalue weighted by atomic mass is 10.1. The van der Waals surface area contributed by atoms with Crippen LogP contribution in [0.25, 0.3) is 10.8 Å². The molecule has 26 heavy (non-hydrogen) atoms. The molecule has 2 aromatic rings. The lowest BCUT2D eigenvalue weighted by Crippen LogP contribution is -2.09. The van der Waals surface area contributed by atoms with Gasteiger partial charge in [-0.15, -0.1) is 0 Å². The maximum atomic E-state index is 11.5. The molecule has 2 aromatic carbocycles. The fourth-order valence-electron chi connectivity index (χ4n) is 2.32. The Bertz CT molecular complexity index is 761. The van der Waals surface area contributed by atoms with E-state index in [4.69, 9.17) is 14.2 Å². The molecule has 0 heterocycles. The van der Waals surface area contributed by atoms with Gasteiger partial charge in [-0.2, -0.15) is 0 Å². The second kappa shape index (κ2) is 10.6. The molecule has 2 rings (SSSR count). The third kappa shape index (κ3) is 5.29. The minimum Gasteiger partial charge on any atom is -0.490 e. The molecule has 0 aliphatic carbocycles. The highest BCUT2D eigenvalue weighted by Gasteiger charge is 2.20. The van der Waals surface area contributed by atoms with E-state index in [0.717, 1.165) is 11.1 Å². The number of esters is 1. The molecule has 0 saturated carbocycles. The number of carbonyl (C=O) groups excluding carboxylic acids is 2. The van der Waals surface area contributed by atoms with Gasteiger partial charge >= 0.3 is 5.97 Å². The summed E-state index contributed by atoms with van der Waals surface area (Å²) >= 11 is 1.39. The molecule has 0 radical (unpaired) electrons. The Hall–Kier alpha value is -2.41. The van der Waals surface area contributed by atoms with Crippen LogP contribution in [0.1, 0.15) is 34.6 Å². The molecule has 0 amide bonds. The second-order valence-corrected chi connectivity index (χ2v) is 5.82. The number of anilines is 1. The van der Waals surface area contributed by atoms with Gasteiger partial charge in [-0.05, 0) is 19.9 Å². The molecule has 0 saturated heterocycles. The van der Waals surface area contributed by atoms with Crippen molar-refractivity contribution in [3.05, 3.63) is 24.3 Å². The summed E-state index contributed by atoms with van der Waals surface area (Å²) < 4.78 is 19.3. The van der Waals surface area contributed by atoms with E-state index in [0.29, 0.717) is 11.1 Å². The number of fused-ring (bicyclic) bond motifs is 1. The zero-order valence-corrected chi connectivity index (χ0v) is 16.7. The number of nitrogens with one attached hydrogen (secondary N) is 1. The van der Waals surface area contributed by atoms with Crippen molar-refractivity contribution >= 4 is 40.8 Å². The van der Waals surface area contributed by atoms with Gasteiger partial charge < -0.3 is 18.9 Å². The summed E-state index contributed by atoms with van der Waals surface area (Å²) in [5.74, 6) is 0.331. The van der Waals surface area contributed by atoms with Gasteiger partial charge in [0.2, 0.25) is 0 Å². The van der Waals surface area contributed by atoms with Crippen molar-refractivity contribution in [3.63, 3.8) is 0 Å². The first-order valence-electron chi connectivity index (χ1n) is 8.32. The fraction of sp³-hybridized carbons (Fsp3) is 0.368. The number of ether oxygens (including phenoxy) is 3. The van der Waals surface area contributed by atoms with E-state index in [9.17, 15) is 9.59 Å². The number of benzene rings is 2. The molecule has 0 spiro atoms. The quantitative estimate of drug-likeness (QED) is 0.320. The molecule has 0 aliphatic heterocycles. The van der Waals surface area contributed by atoms with Crippen molar-refractivity contribution in [2.45, 2.75) is 40.7 Å². The minimum atomic E-state index is -0.511. The lowest BCUT2D eigenvalue weighted by Gasteiger charge is -2.19. The molecule has 0 atom stereocenters. The highest BCUT2D eigenvalue weighted by Crippen LogP contribution is 2.45. The molecule has 7 heteroatoms. The van der Waals surface area contributed by atoms with Gasteiger partial charge in [-0.25, -0.2) is 0 Å². The van der Waals surface area contributed by atoms with Gasteiger partial charge in [0.15, 0.2) is 11.5 Å². The van der Waals surface area contributed by atoms with Crippen LogP contribution in [0.5, 0.6) is 17.2 Å². The topological polar surface area (TPSA) is 73.9 Å². The van der Waals surface area contributed by atoms with Gasteiger partial charge in [0.05, 0.1) is 17.2 Å². The predicted octanol–water partition coefficient (Wildman–Crippen LogP) is 4.80. The van der Waals surface area contributed by atoms with E-state index in [1.807, 2.05) is 52.1 Å². The normalized spacial score (nSPS) is 9.96. The molecule has 6 nitrogen and oxygen atoms in total. The standard InChI is InChI=1S/C17H19NO5S.C2H6/c1-10(2)22-14-8-15(21-9-19)17(23-11(3)20)16-12(14)6-5-7-13(16)18-24-4;1-2/h5-10,18H,1-4H3;1-2H3. The average molecular weight is 379 g/mol. The van der Waals surface area contributed by atoms with E-state index in [1.165, 1.54) is 18.9 Å². The van der Waals surface area contributed by atoms with E-state index in [1.54, 1.807) is 6.07 Å². The van der Waals surface area contributed by atoms with Gasteiger partial charge in [-0.3, -0.25) is 9.59 Å². The van der Waals surface area contributed by atoms with Gasteiger partial charge in [0.1, 0.15) is 5.75 Å². The van der Waals surface area contributed by atoms with Crippen molar-refractivity contribution in [3.8, 4) is 17.2 Å². The van der Waals surface area contributed by atoms with Crippen LogP contribution in [-0.2, 0) is 9.59 Å². The molecule has 0 aromatic heterocycles. The molecule has 1 N–H and O–H groups in total. The second-order valence-electron chi connectivity index (χ2n) is 5.21. The van der Waals surface area contributed by atoms with Crippen molar-refractivity contribution in [1.82, 2.24) is 0 Å². The van der Waals surface area contributed by atoms with E-state index in [2.05, 4.69) is 4.72 Å². The van der Waals surface area contributed by atoms with Crippen LogP contribution in [-0.4, -0.2) is 24.8 Å². The number of carbonyl (C=O) groups is 2.